The maximum Gasteiger partial charge on any atom is 0.161 e. The molecule has 0 radical (unpaired) electrons. The van der Waals surface area contributed by atoms with Gasteiger partial charge in [0.2, 0.25) is 0 Å². The molecule has 0 heterocycles. The van der Waals surface area contributed by atoms with Crippen LogP contribution in [0.3, 0.4) is 0 Å². The summed E-state index contributed by atoms with van der Waals surface area (Å²) in [6, 6.07) is 7.68. The second-order valence-corrected chi connectivity index (χ2v) is 4.53. The van der Waals surface area contributed by atoms with E-state index in [9.17, 15) is 4.79 Å². The van der Waals surface area contributed by atoms with Gasteiger partial charge in [-0.3, -0.25) is 4.79 Å². The van der Waals surface area contributed by atoms with E-state index in [1.54, 1.807) is 7.11 Å². The van der Waals surface area contributed by atoms with E-state index in [4.69, 9.17) is 9.84 Å². The molecule has 1 aromatic rings. The maximum absolute atomic E-state index is 11.6. The van der Waals surface area contributed by atoms with Crippen LogP contribution in [0.2, 0.25) is 0 Å². The third-order valence-corrected chi connectivity index (χ3v) is 2.99. The fourth-order valence-electron chi connectivity index (χ4n) is 1.85. The number of ketones is 1. The van der Waals surface area contributed by atoms with Gasteiger partial charge in [-0.25, -0.2) is 0 Å². The van der Waals surface area contributed by atoms with Gasteiger partial charge in [0.05, 0.1) is 7.11 Å². The minimum Gasteiger partial charge on any atom is -0.497 e. The number of hydrogen-bond donors (Lipinski definition) is 1. The molecule has 1 aromatic carbocycles. The Bertz CT molecular complexity index is 354. The van der Waals surface area contributed by atoms with E-state index in [1.165, 1.54) is 0 Å². The van der Waals surface area contributed by atoms with Crippen molar-refractivity contribution in [1.29, 1.82) is 0 Å². The highest BCUT2D eigenvalue weighted by molar-refractivity contribution is 5.82. The van der Waals surface area contributed by atoms with Gasteiger partial charge in [-0.1, -0.05) is 26.0 Å². The Labute approximate surface area is 102 Å². The van der Waals surface area contributed by atoms with Crippen LogP contribution in [0.15, 0.2) is 24.3 Å². The first-order valence-electron chi connectivity index (χ1n) is 5.85. The van der Waals surface area contributed by atoms with E-state index in [1.807, 2.05) is 38.1 Å². The predicted molar refractivity (Wildman–Crippen MR) is 67.1 cm³/mol. The molecule has 1 rings (SSSR count). The molecule has 1 N–H and O–H groups in total. The van der Waals surface area contributed by atoms with Crippen LogP contribution in [0.1, 0.15) is 19.4 Å². The van der Waals surface area contributed by atoms with Gasteiger partial charge in [-0.15, -0.1) is 0 Å². The zero-order valence-electron chi connectivity index (χ0n) is 10.6. The Morgan fingerprint density at radius 1 is 1.29 bits per heavy atom. The molecule has 0 unspecified atom stereocenters. The fourth-order valence-corrected chi connectivity index (χ4v) is 1.85. The van der Waals surface area contributed by atoms with E-state index in [0.717, 1.165) is 11.3 Å². The Balaban J connectivity index is 2.75. The third-order valence-electron chi connectivity index (χ3n) is 2.99. The summed E-state index contributed by atoms with van der Waals surface area (Å²) in [6.45, 7) is 3.63. The number of carbonyl (C=O) groups is 1. The van der Waals surface area contributed by atoms with Crippen molar-refractivity contribution in [2.45, 2.75) is 20.3 Å². The molecule has 0 aliphatic heterocycles. The van der Waals surface area contributed by atoms with Gasteiger partial charge in [0.15, 0.2) is 5.78 Å². The lowest BCUT2D eigenvalue weighted by molar-refractivity contribution is -0.126. The number of carbonyl (C=O) groups excluding carboxylic acids is 1. The molecule has 0 saturated heterocycles. The van der Waals surface area contributed by atoms with Crippen molar-refractivity contribution < 1.29 is 14.6 Å². The van der Waals surface area contributed by atoms with Crippen molar-refractivity contribution >= 4 is 5.78 Å². The molecule has 94 valence electrons. The quantitative estimate of drug-likeness (QED) is 0.822. The Kier molecular flexibility index (Phi) is 5.16. The van der Waals surface area contributed by atoms with Crippen LogP contribution in [0.4, 0.5) is 0 Å². The minimum absolute atomic E-state index is 0.0872. The van der Waals surface area contributed by atoms with Crippen LogP contribution in [0.5, 0.6) is 5.75 Å². The topological polar surface area (TPSA) is 46.5 Å². The molecule has 3 nitrogen and oxygen atoms in total. The van der Waals surface area contributed by atoms with E-state index >= 15 is 0 Å². The summed E-state index contributed by atoms with van der Waals surface area (Å²) < 4.78 is 5.08. The van der Waals surface area contributed by atoms with Crippen LogP contribution in [-0.2, 0) is 11.2 Å². The van der Waals surface area contributed by atoms with Crippen LogP contribution in [0, 0.1) is 11.8 Å². The molecule has 0 spiro atoms. The number of rotatable bonds is 6. The van der Waals surface area contributed by atoms with Crippen molar-refractivity contribution in [3.05, 3.63) is 29.8 Å². The summed E-state index contributed by atoms with van der Waals surface area (Å²) in [4.78, 5) is 11.6. The van der Waals surface area contributed by atoms with Gasteiger partial charge in [-0.2, -0.15) is 0 Å². The number of benzene rings is 1. The summed E-state index contributed by atoms with van der Waals surface area (Å²) in [5.41, 5.74) is 1.09. The number of ether oxygens (including phenoxy) is 1. The summed E-state index contributed by atoms with van der Waals surface area (Å²) in [5, 5.41) is 8.94. The standard InChI is InChI=1S/C14H20O3/c1-10(2)13(14(16)9-15)8-11-4-6-12(17-3)7-5-11/h4-7,10,13,15H,8-9H2,1-3H3/t13-/m0/s1. The Hall–Kier alpha value is -1.35. The van der Waals surface area contributed by atoms with Gasteiger partial charge in [0.1, 0.15) is 12.4 Å². The lowest BCUT2D eigenvalue weighted by Crippen LogP contribution is -2.25. The third kappa shape index (κ3) is 3.86. The molecule has 17 heavy (non-hydrogen) atoms. The molecule has 0 bridgehead atoms. The smallest absolute Gasteiger partial charge is 0.161 e. The molecular weight excluding hydrogens is 216 g/mol. The Morgan fingerprint density at radius 3 is 2.29 bits per heavy atom. The fraction of sp³-hybridized carbons (Fsp3) is 0.500. The van der Waals surface area contributed by atoms with Crippen molar-refractivity contribution in [2.75, 3.05) is 13.7 Å². The zero-order valence-corrected chi connectivity index (χ0v) is 10.6. The van der Waals surface area contributed by atoms with E-state index in [2.05, 4.69) is 0 Å². The highest BCUT2D eigenvalue weighted by Gasteiger charge is 2.21. The van der Waals surface area contributed by atoms with Gasteiger partial charge in [0.25, 0.3) is 0 Å². The molecule has 0 saturated carbocycles. The number of aliphatic hydroxyl groups excluding tert-OH is 1. The second kappa shape index (κ2) is 6.40. The SMILES string of the molecule is COc1ccc(C[C@H](C(=O)CO)C(C)C)cc1. The van der Waals surface area contributed by atoms with Crippen molar-refractivity contribution in [3.8, 4) is 5.75 Å². The Morgan fingerprint density at radius 2 is 1.88 bits per heavy atom. The van der Waals surface area contributed by atoms with Gasteiger partial charge in [0, 0.05) is 5.92 Å². The van der Waals surface area contributed by atoms with Crippen molar-refractivity contribution in [2.24, 2.45) is 11.8 Å². The average molecular weight is 236 g/mol. The average Bonchev–Trinajstić information content (AvgIpc) is 2.35. The molecular formula is C14H20O3. The second-order valence-electron chi connectivity index (χ2n) is 4.53. The van der Waals surface area contributed by atoms with Crippen molar-refractivity contribution in [1.82, 2.24) is 0 Å². The van der Waals surface area contributed by atoms with Crippen LogP contribution in [0.25, 0.3) is 0 Å². The molecule has 3 heteroatoms. The van der Waals surface area contributed by atoms with E-state index in [-0.39, 0.29) is 24.2 Å². The number of aliphatic hydroxyl groups is 1. The van der Waals surface area contributed by atoms with Gasteiger partial charge in [-0.05, 0) is 30.0 Å². The summed E-state index contributed by atoms with van der Waals surface area (Å²) in [6.07, 6.45) is 0.668. The molecule has 1 atom stereocenters. The molecule has 0 fully saturated rings. The summed E-state index contributed by atoms with van der Waals surface area (Å²) in [7, 11) is 1.63. The lowest BCUT2D eigenvalue weighted by atomic mass is 9.86. The monoisotopic (exact) mass is 236 g/mol. The molecule has 0 amide bonds. The summed E-state index contributed by atoms with van der Waals surface area (Å²) >= 11 is 0. The van der Waals surface area contributed by atoms with Crippen LogP contribution < -0.4 is 4.74 Å². The minimum atomic E-state index is -0.376. The summed E-state index contributed by atoms with van der Waals surface area (Å²) in [5.74, 6) is 0.837. The molecule has 0 aromatic heterocycles. The highest BCUT2D eigenvalue weighted by Crippen LogP contribution is 2.20. The number of Topliss-reactive ketones (excluding diaryl/α,β-unsaturated/α-hetero) is 1. The molecule has 0 aliphatic rings. The lowest BCUT2D eigenvalue weighted by Gasteiger charge is -2.18. The maximum atomic E-state index is 11.6. The van der Waals surface area contributed by atoms with E-state index in [0.29, 0.717) is 6.42 Å². The highest BCUT2D eigenvalue weighted by atomic mass is 16.5. The first-order chi connectivity index (χ1) is 8.08. The first kappa shape index (κ1) is 13.7. The first-order valence-corrected chi connectivity index (χ1v) is 5.85. The normalized spacial score (nSPS) is 12.5. The van der Waals surface area contributed by atoms with Gasteiger partial charge < -0.3 is 9.84 Å². The van der Waals surface area contributed by atoms with Crippen LogP contribution in [-0.4, -0.2) is 24.6 Å². The largest absolute Gasteiger partial charge is 0.497 e. The zero-order chi connectivity index (χ0) is 12.8. The van der Waals surface area contributed by atoms with E-state index < -0.39 is 0 Å². The number of methoxy groups -OCH3 is 1. The molecule has 0 aliphatic carbocycles. The van der Waals surface area contributed by atoms with Crippen LogP contribution >= 0.6 is 0 Å². The predicted octanol–water partition coefficient (Wildman–Crippen LogP) is 2.07. The van der Waals surface area contributed by atoms with Gasteiger partial charge >= 0.3 is 0 Å². The van der Waals surface area contributed by atoms with Crippen molar-refractivity contribution in [3.63, 3.8) is 0 Å². The number of hydrogen-bond acceptors (Lipinski definition) is 3.